The van der Waals surface area contributed by atoms with Crippen LogP contribution in [-0.4, -0.2) is 45.9 Å². The van der Waals surface area contributed by atoms with Crippen molar-refractivity contribution in [3.63, 3.8) is 0 Å². The third-order valence-electron chi connectivity index (χ3n) is 7.82. The highest BCUT2D eigenvalue weighted by Gasteiger charge is 2.35. The zero-order valence-corrected chi connectivity index (χ0v) is 25.3. The number of unbranched alkanes of at least 4 members (excludes halogenated alkanes) is 1. The van der Waals surface area contributed by atoms with Crippen LogP contribution in [0.4, 0.5) is 13.2 Å². The van der Waals surface area contributed by atoms with Crippen LogP contribution in [0.3, 0.4) is 0 Å². The third-order valence-corrected chi connectivity index (χ3v) is 8.73. The maximum absolute atomic E-state index is 12.5. The summed E-state index contributed by atoms with van der Waals surface area (Å²) in [5.41, 5.74) is 6.30. The monoisotopic (exact) mass is 653 g/mol. The molecular formula is C31H30F3N7O4S. The average Bonchev–Trinajstić information content (AvgIpc) is 3.62. The van der Waals surface area contributed by atoms with Gasteiger partial charge >= 0.3 is 6.36 Å². The number of nitrogens with zero attached hydrogens (tertiary/aromatic N) is 5. The zero-order valence-electron chi connectivity index (χ0n) is 24.5. The molecule has 0 atom stereocenters. The Morgan fingerprint density at radius 2 is 1.85 bits per heavy atom. The lowest BCUT2D eigenvalue weighted by atomic mass is 9.96. The number of carbonyl (C=O) groups excluding carboxylic acids is 1. The van der Waals surface area contributed by atoms with E-state index in [4.69, 9.17) is 5.14 Å². The molecule has 2 aliphatic rings. The molecule has 46 heavy (non-hydrogen) atoms. The van der Waals surface area contributed by atoms with Crippen LogP contribution in [0.25, 0.3) is 5.57 Å². The molecule has 0 saturated heterocycles. The van der Waals surface area contributed by atoms with Gasteiger partial charge in [-0.05, 0) is 85.1 Å². The van der Waals surface area contributed by atoms with Gasteiger partial charge < -0.3 is 10.1 Å². The van der Waals surface area contributed by atoms with Crippen molar-refractivity contribution in [2.45, 2.75) is 62.9 Å². The molecule has 0 spiro atoms. The second kappa shape index (κ2) is 12.6. The van der Waals surface area contributed by atoms with Crippen LogP contribution in [-0.2, 0) is 36.0 Å². The summed E-state index contributed by atoms with van der Waals surface area (Å²) in [7, 11) is -3.84. The number of fused-ring (bicyclic) bond motifs is 1. The lowest BCUT2D eigenvalue weighted by Gasteiger charge is -2.11. The van der Waals surface area contributed by atoms with E-state index >= 15 is 0 Å². The molecular weight excluding hydrogens is 623 g/mol. The molecule has 1 amide bonds. The number of primary sulfonamides is 1. The molecule has 6 rings (SSSR count). The number of nitrogens with one attached hydrogen (secondary N) is 1. The zero-order chi connectivity index (χ0) is 32.5. The lowest BCUT2D eigenvalue weighted by Crippen LogP contribution is -2.23. The highest BCUT2D eigenvalue weighted by Crippen LogP contribution is 2.48. The smallest absolute Gasteiger partial charge is 0.406 e. The standard InChI is InChI=1S/C31H30F3N7O4S/c32-31(33,34)45-23-8-3-5-19(13-23)17-36-30(42)28-18-41(40-39-28)12-2-1-7-22-15-26-27(38-37-22)16-25(20-10-11-20)29(26)21-6-4-9-24(14-21)46(35,43)44/h3-6,8-9,13-15,18,20H,1-2,7,10-12,16-17H2,(H,36,42)(H2,35,43,44). The largest absolute Gasteiger partial charge is 0.573 e. The highest BCUT2D eigenvalue weighted by molar-refractivity contribution is 7.89. The number of amides is 1. The number of aryl methyl sites for hydroxylation is 2. The second-order valence-electron chi connectivity index (χ2n) is 11.3. The summed E-state index contributed by atoms with van der Waals surface area (Å²) in [5.74, 6) is -0.416. The van der Waals surface area contributed by atoms with E-state index in [2.05, 4.69) is 30.6 Å². The van der Waals surface area contributed by atoms with Gasteiger partial charge in [-0.1, -0.05) is 35.1 Å². The van der Waals surface area contributed by atoms with Crippen LogP contribution in [0.5, 0.6) is 5.75 Å². The number of halogens is 3. The van der Waals surface area contributed by atoms with E-state index in [1.807, 2.05) is 12.1 Å². The molecule has 15 heteroatoms. The molecule has 2 aromatic carbocycles. The van der Waals surface area contributed by atoms with Crippen molar-refractivity contribution in [1.82, 2.24) is 30.5 Å². The normalized spacial score (nSPS) is 14.8. The van der Waals surface area contributed by atoms with Crippen molar-refractivity contribution < 1.29 is 31.1 Å². The van der Waals surface area contributed by atoms with Crippen LogP contribution in [0.1, 0.15) is 64.2 Å². The van der Waals surface area contributed by atoms with Crippen molar-refractivity contribution in [3.8, 4) is 5.75 Å². The summed E-state index contributed by atoms with van der Waals surface area (Å²) in [4.78, 5) is 12.6. The number of ether oxygens (including phenoxy) is 1. The lowest BCUT2D eigenvalue weighted by molar-refractivity contribution is -0.274. The molecule has 0 bridgehead atoms. The molecule has 2 aromatic heterocycles. The molecule has 11 nitrogen and oxygen atoms in total. The number of hydrogen-bond acceptors (Lipinski definition) is 8. The molecule has 0 radical (unpaired) electrons. The van der Waals surface area contributed by atoms with Crippen molar-refractivity contribution >= 4 is 21.5 Å². The van der Waals surface area contributed by atoms with Gasteiger partial charge in [0.2, 0.25) is 10.0 Å². The Morgan fingerprint density at radius 1 is 1.04 bits per heavy atom. The van der Waals surface area contributed by atoms with Crippen LogP contribution in [0.15, 0.2) is 71.3 Å². The van der Waals surface area contributed by atoms with Gasteiger partial charge in [-0.25, -0.2) is 13.6 Å². The highest BCUT2D eigenvalue weighted by atomic mass is 32.2. The van der Waals surface area contributed by atoms with E-state index in [1.54, 1.807) is 22.9 Å². The molecule has 0 unspecified atom stereocenters. The van der Waals surface area contributed by atoms with Crippen LogP contribution in [0, 0.1) is 5.92 Å². The van der Waals surface area contributed by atoms with E-state index in [0.29, 0.717) is 30.9 Å². The number of allylic oxidation sites excluding steroid dienone is 1. The maximum atomic E-state index is 12.5. The second-order valence-corrected chi connectivity index (χ2v) is 12.9. The van der Waals surface area contributed by atoms with Crippen LogP contribution < -0.4 is 15.2 Å². The molecule has 240 valence electrons. The third kappa shape index (κ3) is 7.59. The predicted molar refractivity (Wildman–Crippen MR) is 160 cm³/mol. The molecule has 4 aromatic rings. The SMILES string of the molecule is NS(=O)(=O)c1cccc(C2=C(C3CC3)Cc3nnc(CCCCn4cc(C(=O)NCc5cccc(OC(F)(F)F)c5)nn4)cc32)c1. The summed E-state index contributed by atoms with van der Waals surface area (Å²) in [6, 6.07) is 14.1. The number of nitrogens with two attached hydrogens (primary N) is 1. The number of aromatic nitrogens is 5. The average molecular weight is 654 g/mol. The van der Waals surface area contributed by atoms with Gasteiger partial charge in [0, 0.05) is 25.1 Å². The van der Waals surface area contributed by atoms with Gasteiger partial charge in [0.15, 0.2) is 5.69 Å². The van der Waals surface area contributed by atoms with Gasteiger partial charge in [0.1, 0.15) is 5.75 Å². The Kier molecular flexibility index (Phi) is 8.61. The van der Waals surface area contributed by atoms with Crippen molar-refractivity contribution in [2.75, 3.05) is 0 Å². The first kappa shape index (κ1) is 31.4. The van der Waals surface area contributed by atoms with E-state index in [1.165, 1.54) is 36.0 Å². The molecule has 3 N–H and O–H groups in total. The minimum absolute atomic E-state index is 0.0147. The quantitative estimate of drug-likeness (QED) is 0.214. The van der Waals surface area contributed by atoms with Crippen molar-refractivity contribution in [3.05, 3.63) is 100 Å². The topological polar surface area (TPSA) is 155 Å². The van der Waals surface area contributed by atoms with E-state index in [-0.39, 0.29) is 22.9 Å². The maximum Gasteiger partial charge on any atom is 0.573 e. The number of alkyl halides is 3. The number of hydrogen-bond donors (Lipinski definition) is 2. The fourth-order valence-corrected chi connectivity index (χ4v) is 6.09. The van der Waals surface area contributed by atoms with Crippen molar-refractivity contribution in [1.29, 1.82) is 0 Å². The first-order valence-electron chi connectivity index (χ1n) is 14.7. The number of rotatable bonds is 12. The minimum atomic E-state index is -4.80. The number of benzene rings is 2. The van der Waals surface area contributed by atoms with Crippen molar-refractivity contribution in [2.24, 2.45) is 11.1 Å². The Bertz CT molecular complexity index is 1920. The van der Waals surface area contributed by atoms with Crippen LogP contribution >= 0.6 is 0 Å². The molecule has 1 fully saturated rings. The van der Waals surface area contributed by atoms with Crippen LogP contribution in [0.2, 0.25) is 0 Å². The first-order valence-corrected chi connectivity index (χ1v) is 16.2. The summed E-state index contributed by atoms with van der Waals surface area (Å²) >= 11 is 0. The molecule has 0 aliphatic heterocycles. The van der Waals surface area contributed by atoms with Gasteiger partial charge in [-0.15, -0.1) is 18.3 Å². The van der Waals surface area contributed by atoms with E-state index < -0.39 is 22.3 Å². The number of carbonyl (C=O) groups is 1. The van der Waals surface area contributed by atoms with E-state index in [9.17, 15) is 26.4 Å². The summed E-state index contributed by atoms with van der Waals surface area (Å²) in [5, 5.41) is 24.9. The number of sulfonamides is 1. The first-order chi connectivity index (χ1) is 21.9. The Hall–Kier alpha value is -4.63. The predicted octanol–water partition coefficient (Wildman–Crippen LogP) is 4.34. The molecule has 2 heterocycles. The Labute approximate surface area is 262 Å². The van der Waals surface area contributed by atoms with Gasteiger partial charge in [0.05, 0.1) is 22.5 Å². The van der Waals surface area contributed by atoms with E-state index in [0.717, 1.165) is 53.8 Å². The fraction of sp³-hybridized carbons (Fsp3) is 0.323. The Morgan fingerprint density at radius 3 is 2.61 bits per heavy atom. The minimum Gasteiger partial charge on any atom is -0.406 e. The van der Waals surface area contributed by atoms with Gasteiger partial charge in [-0.2, -0.15) is 10.2 Å². The summed E-state index contributed by atoms with van der Waals surface area (Å²) in [6.07, 6.45) is 1.75. The fourth-order valence-electron chi connectivity index (χ4n) is 5.54. The summed E-state index contributed by atoms with van der Waals surface area (Å²) in [6.45, 7) is 0.492. The molecule has 2 aliphatic carbocycles. The molecule has 1 saturated carbocycles. The van der Waals surface area contributed by atoms with Gasteiger partial charge in [-0.3, -0.25) is 9.48 Å². The van der Waals surface area contributed by atoms with Gasteiger partial charge in [0.25, 0.3) is 5.91 Å². The summed E-state index contributed by atoms with van der Waals surface area (Å²) < 4.78 is 66.9. The Balaban J connectivity index is 1.04.